The summed E-state index contributed by atoms with van der Waals surface area (Å²) in [6.07, 6.45) is 0.923. The van der Waals surface area contributed by atoms with E-state index in [2.05, 4.69) is 10.3 Å². The van der Waals surface area contributed by atoms with Gasteiger partial charge in [0.1, 0.15) is 17.0 Å². The van der Waals surface area contributed by atoms with E-state index in [0.29, 0.717) is 39.4 Å². The van der Waals surface area contributed by atoms with Crippen LogP contribution in [0.2, 0.25) is 10.0 Å². The Bertz CT molecular complexity index is 979. The van der Waals surface area contributed by atoms with Gasteiger partial charge in [-0.2, -0.15) is 0 Å². The number of nitrogens with one attached hydrogen (secondary N) is 1. The number of pyridine rings is 1. The maximum absolute atomic E-state index is 12.6. The molecule has 0 spiro atoms. The van der Waals surface area contributed by atoms with Gasteiger partial charge in [-0.25, -0.2) is 0 Å². The van der Waals surface area contributed by atoms with Crippen molar-refractivity contribution < 1.29 is 14.3 Å². The molecule has 0 saturated carbocycles. The van der Waals surface area contributed by atoms with Crippen LogP contribution in [0.1, 0.15) is 13.8 Å². The number of carbonyl (C=O) groups is 1. The van der Waals surface area contributed by atoms with Crippen LogP contribution in [0.15, 0.2) is 48.7 Å². The van der Waals surface area contributed by atoms with Crippen LogP contribution in [0.3, 0.4) is 0 Å². The van der Waals surface area contributed by atoms with E-state index in [0.717, 1.165) is 5.39 Å². The highest BCUT2D eigenvalue weighted by atomic mass is 35.5. The largest absolute Gasteiger partial charge is 0.492 e. The fourth-order valence-corrected chi connectivity index (χ4v) is 3.03. The average Bonchev–Trinajstić information content (AvgIpc) is 2.66. The summed E-state index contributed by atoms with van der Waals surface area (Å²) in [5.41, 5.74) is 1.32. The zero-order valence-corrected chi connectivity index (χ0v) is 16.3. The maximum Gasteiger partial charge on any atom is 0.265 e. The Morgan fingerprint density at radius 3 is 2.70 bits per heavy atom. The first-order valence-electron chi connectivity index (χ1n) is 8.42. The predicted octanol–water partition coefficient (Wildman–Crippen LogP) is 5.35. The summed E-state index contributed by atoms with van der Waals surface area (Å²) in [5.74, 6) is 0.751. The van der Waals surface area contributed by atoms with Crippen molar-refractivity contribution >= 4 is 45.7 Å². The van der Waals surface area contributed by atoms with Gasteiger partial charge < -0.3 is 14.8 Å². The number of aromatic nitrogens is 1. The van der Waals surface area contributed by atoms with E-state index in [-0.39, 0.29) is 5.91 Å². The second-order valence-electron chi connectivity index (χ2n) is 5.77. The lowest BCUT2D eigenvalue weighted by Crippen LogP contribution is -2.30. The Morgan fingerprint density at radius 1 is 1.19 bits per heavy atom. The zero-order valence-electron chi connectivity index (χ0n) is 14.8. The molecule has 0 aliphatic rings. The molecule has 0 saturated heterocycles. The van der Waals surface area contributed by atoms with Gasteiger partial charge in [-0.1, -0.05) is 23.2 Å². The zero-order chi connectivity index (χ0) is 19.4. The molecule has 1 heterocycles. The molecule has 3 rings (SSSR count). The number of hydrogen-bond donors (Lipinski definition) is 1. The number of benzene rings is 2. The molecule has 1 N–H and O–H groups in total. The fourth-order valence-electron chi connectivity index (χ4n) is 2.58. The Hall–Kier alpha value is -2.50. The fraction of sp³-hybridized carbons (Fsp3) is 0.200. The van der Waals surface area contributed by atoms with Crippen LogP contribution in [-0.2, 0) is 4.79 Å². The third-order valence-electron chi connectivity index (χ3n) is 3.86. The van der Waals surface area contributed by atoms with Crippen molar-refractivity contribution in [2.24, 2.45) is 0 Å². The molecular formula is C20H18Cl2N2O3. The van der Waals surface area contributed by atoms with Crippen LogP contribution in [0.5, 0.6) is 11.5 Å². The number of carbonyl (C=O) groups excluding carboxylic acids is 1. The Labute approximate surface area is 167 Å². The lowest BCUT2D eigenvalue weighted by atomic mass is 10.1. The summed E-state index contributed by atoms with van der Waals surface area (Å²) < 4.78 is 11.3. The molecule has 0 aliphatic heterocycles. The van der Waals surface area contributed by atoms with E-state index >= 15 is 0 Å². The van der Waals surface area contributed by atoms with Crippen molar-refractivity contribution in [1.82, 2.24) is 4.98 Å². The van der Waals surface area contributed by atoms with Gasteiger partial charge in [0.05, 0.1) is 17.3 Å². The SMILES string of the molecule is CCOc1ccc(NC(=O)[C@H](C)Oc2ccc(Cl)cc2Cl)c2cccnc12. The summed E-state index contributed by atoms with van der Waals surface area (Å²) in [6.45, 7) is 4.09. The highest BCUT2D eigenvalue weighted by Crippen LogP contribution is 2.31. The smallest absolute Gasteiger partial charge is 0.265 e. The predicted molar refractivity (Wildman–Crippen MR) is 108 cm³/mol. The molecule has 7 heteroatoms. The number of hydrogen-bond acceptors (Lipinski definition) is 4. The van der Waals surface area contributed by atoms with Crippen molar-refractivity contribution in [3.63, 3.8) is 0 Å². The molecule has 1 amide bonds. The van der Waals surface area contributed by atoms with Gasteiger partial charge in [0.15, 0.2) is 6.10 Å². The van der Waals surface area contributed by atoms with E-state index < -0.39 is 6.10 Å². The van der Waals surface area contributed by atoms with E-state index in [9.17, 15) is 4.79 Å². The number of amides is 1. The topological polar surface area (TPSA) is 60.5 Å². The van der Waals surface area contributed by atoms with E-state index in [1.54, 1.807) is 49.5 Å². The lowest BCUT2D eigenvalue weighted by molar-refractivity contribution is -0.122. The van der Waals surface area contributed by atoms with Crippen molar-refractivity contribution in [2.45, 2.75) is 20.0 Å². The van der Waals surface area contributed by atoms with E-state index in [4.69, 9.17) is 32.7 Å². The second-order valence-corrected chi connectivity index (χ2v) is 6.61. The number of fused-ring (bicyclic) bond motifs is 1. The lowest BCUT2D eigenvalue weighted by Gasteiger charge is -2.17. The molecule has 3 aromatic rings. The van der Waals surface area contributed by atoms with Crippen LogP contribution in [0.4, 0.5) is 5.69 Å². The van der Waals surface area contributed by atoms with Gasteiger partial charge in [-0.05, 0) is 56.3 Å². The quantitative estimate of drug-likeness (QED) is 0.601. The summed E-state index contributed by atoms with van der Waals surface area (Å²) in [7, 11) is 0. The molecule has 0 fully saturated rings. The van der Waals surface area contributed by atoms with Crippen LogP contribution < -0.4 is 14.8 Å². The highest BCUT2D eigenvalue weighted by Gasteiger charge is 2.18. The summed E-state index contributed by atoms with van der Waals surface area (Å²) in [6, 6.07) is 12.1. The Balaban J connectivity index is 1.80. The van der Waals surface area contributed by atoms with E-state index in [1.807, 2.05) is 13.0 Å². The molecule has 5 nitrogen and oxygen atoms in total. The van der Waals surface area contributed by atoms with E-state index in [1.165, 1.54) is 0 Å². The summed E-state index contributed by atoms with van der Waals surface area (Å²) >= 11 is 12.0. The third-order valence-corrected chi connectivity index (χ3v) is 4.39. The van der Waals surface area contributed by atoms with Gasteiger partial charge in [0.2, 0.25) is 0 Å². The minimum atomic E-state index is -0.762. The normalized spacial score (nSPS) is 11.9. The van der Waals surface area contributed by atoms with Crippen molar-refractivity contribution in [3.05, 3.63) is 58.7 Å². The number of ether oxygens (including phenoxy) is 2. The second kappa shape index (κ2) is 8.46. The molecule has 27 heavy (non-hydrogen) atoms. The Morgan fingerprint density at radius 2 is 1.96 bits per heavy atom. The van der Waals surface area contributed by atoms with Gasteiger partial charge in [0.25, 0.3) is 5.91 Å². The molecule has 0 unspecified atom stereocenters. The van der Waals surface area contributed by atoms with Gasteiger partial charge in [-0.15, -0.1) is 0 Å². The first-order valence-corrected chi connectivity index (χ1v) is 9.18. The number of rotatable bonds is 6. The van der Waals surface area contributed by atoms with Crippen LogP contribution in [0, 0.1) is 0 Å². The highest BCUT2D eigenvalue weighted by molar-refractivity contribution is 6.35. The van der Waals surface area contributed by atoms with Crippen molar-refractivity contribution in [1.29, 1.82) is 0 Å². The van der Waals surface area contributed by atoms with Gasteiger partial charge in [-0.3, -0.25) is 9.78 Å². The van der Waals surface area contributed by atoms with Gasteiger partial charge >= 0.3 is 0 Å². The molecule has 0 radical (unpaired) electrons. The minimum Gasteiger partial charge on any atom is -0.492 e. The van der Waals surface area contributed by atoms with Crippen molar-refractivity contribution in [3.8, 4) is 11.5 Å². The molecule has 140 valence electrons. The molecule has 0 aliphatic carbocycles. The molecular weight excluding hydrogens is 387 g/mol. The molecule has 2 aromatic carbocycles. The molecule has 0 bridgehead atoms. The first-order chi connectivity index (χ1) is 13.0. The number of nitrogens with zero attached hydrogens (tertiary/aromatic N) is 1. The minimum absolute atomic E-state index is 0.310. The number of anilines is 1. The summed E-state index contributed by atoms with van der Waals surface area (Å²) in [5, 5.41) is 4.51. The maximum atomic E-state index is 12.6. The third kappa shape index (κ3) is 4.43. The first kappa shape index (κ1) is 19.3. The van der Waals surface area contributed by atoms with Crippen LogP contribution in [-0.4, -0.2) is 23.6 Å². The average molecular weight is 405 g/mol. The monoisotopic (exact) mass is 404 g/mol. The molecule has 1 aromatic heterocycles. The summed E-state index contributed by atoms with van der Waals surface area (Å²) in [4.78, 5) is 17.0. The van der Waals surface area contributed by atoms with Gasteiger partial charge in [0, 0.05) is 16.6 Å². The Kier molecular flexibility index (Phi) is 6.04. The molecule has 1 atom stereocenters. The van der Waals surface area contributed by atoms with Crippen molar-refractivity contribution in [2.75, 3.05) is 11.9 Å². The van der Waals surface area contributed by atoms with Crippen LogP contribution >= 0.6 is 23.2 Å². The number of halogens is 2. The van der Waals surface area contributed by atoms with Crippen LogP contribution in [0.25, 0.3) is 10.9 Å². The standard InChI is InChI=1S/C20H18Cl2N2O3/c1-3-26-18-9-7-16(14-5-4-10-23-19(14)18)24-20(25)12(2)27-17-8-6-13(21)11-15(17)22/h4-12H,3H2,1-2H3,(H,24,25)/t12-/m0/s1.